The van der Waals surface area contributed by atoms with E-state index in [9.17, 15) is 18.0 Å². The van der Waals surface area contributed by atoms with E-state index in [0.29, 0.717) is 48.1 Å². The van der Waals surface area contributed by atoms with Gasteiger partial charge in [0.05, 0.1) is 5.56 Å². The minimum Gasteiger partial charge on any atom is -0.369 e. The van der Waals surface area contributed by atoms with E-state index >= 15 is 0 Å². The highest BCUT2D eigenvalue weighted by atomic mass is 19.4. The molecule has 1 saturated carbocycles. The number of anilines is 5. The predicted molar refractivity (Wildman–Crippen MR) is 157 cm³/mol. The van der Waals surface area contributed by atoms with E-state index < -0.39 is 17.6 Å². The van der Waals surface area contributed by atoms with Gasteiger partial charge in [-0.3, -0.25) is 4.79 Å². The van der Waals surface area contributed by atoms with Crippen molar-refractivity contribution in [1.82, 2.24) is 29.6 Å². The minimum atomic E-state index is -4.56. The van der Waals surface area contributed by atoms with Crippen LogP contribution in [0.25, 0.3) is 5.82 Å². The van der Waals surface area contributed by atoms with Gasteiger partial charge in [0.2, 0.25) is 5.95 Å². The normalized spacial score (nSPS) is 15.8. The number of amides is 1. The molecular weight excluding hydrogens is 561 g/mol. The van der Waals surface area contributed by atoms with E-state index in [1.807, 2.05) is 18.9 Å². The first-order chi connectivity index (χ1) is 20.6. The highest BCUT2D eigenvalue weighted by Crippen LogP contribution is 2.35. The Morgan fingerprint density at radius 1 is 0.953 bits per heavy atom. The van der Waals surface area contributed by atoms with Crippen molar-refractivity contribution >= 4 is 34.7 Å². The maximum absolute atomic E-state index is 13.8. The third-order valence-corrected chi connectivity index (χ3v) is 7.46. The Hall–Kier alpha value is -4.72. The summed E-state index contributed by atoms with van der Waals surface area (Å²) in [5, 5.41) is 13.5. The third kappa shape index (κ3) is 6.69. The fourth-order valence-electron chi connectivity index (χ4n) is 4.79. The molecule has 3 heterocycles. The average Bonchev–Trinajstić information content (AvgIpc) is 3.67. The van der Waals surface area contributed by atoms with Crippen LogP contribution in [-0.4, -0.2) is 74.8 Å². The number of hydrogen-bond donors (Lipinski definition) is 3. The van der Waals surface area contributed by atoms with Gasteiger partial charge in [-0.1, -0.05) is 6.07 Å². The summed E-state index contributed by atoms with van der Waals surface area (Å²) < 4.78 is 42.9. The molecule has 11 nitrogen and oxygen atoms in total. The summed E-state index contributed by atoms with van der Waals surface area (Å²) in [4.78, 5) is 30.2. The van der Waals surface area contributed by atoms with Gasteiger partial charge in [0.15, 0.2) is 5.82 Å². The lowest BCUT2D eigenvalue weighted by Crippen LogP contribution is -2.44. The van der Waals surface area contributed by atoms with E-state index in [2.05, 4.69) is 40.9 Å². The molecule has 1 aliphatic carbocycles. The number of benzene rings is 2. The Balaban J connectivity index is 1.22. The Labute approximate surface area is 246 Å². The molecule has 0 radical (unpaired) electrons. The Bertz CT molecular complexity index is 1630. The Morgan fingerprint density at radius 2 is 1.74 bits per heavy atom. The SMILES string of the molecule is Cc1ccc(C(=O)Nc2cc(N3CCN(C)CC3)cc(C(F)(F)F)c2)cc1Nc1ncnn1-c1cc(NC2CC2)ncn1. The van der Waals surface area contributed by atoms with Crippen molar-refractivity contribution in [2.45, 2.75) is 32.0 Å². The zero-order valence-corrected chi connectivity index (χ0v) is 23.7. The van der Waals surface area contributed by atoms with Crippen molar-refractivity contribution < 1.29 is 18.0 Å². The summed E-state index contributed by atoms with van der Waals surface area (Å²) in [6.07, 6.45) is 0.478. The largest absolute Gasteiger partial charge is 0.416 e. The molecule has 3 N–H and O–H groups in total. The fourth-order valence-corrected chi connectivity index (χ4v) is 4.79. The Morgan fingerprint density at radius 3 is 2.49 bits per heavy atom. The summed E-state index contributed by atoms with van der Waals surface area (Å²) in [5.41, 5.74) is 1.34. The topological polar surface area (TPSA) is 116 Å². The molecule has 2 fully saturated rings. The molecule has 0 spiro atoms. The molecule has 2 aromatic heterocycles. The molecule has 1 amide bonds. The lowest BCUT2D eigenvalue weighted by Gasteiger charge is -2.34. The molecule has 224 valence electrons. The average molecular weight is 593 g/mol. The van der Waals surface area contributed by atoms with Gasteiger partial charge in [0.25, 0.3) is 5.91 Å². The molecule has 0 atom stereocenters. The Kier molecular flexibility index (Phi) is 7.61. The van der Waals surface area contributed by atoms with Gasteiger partial charge in [0.1, 0.15) is 18.5 Å². The second kappa shape index (κ2) is 11.5. The minimum absolute atomic E-state index is 0.0722. The van der Waals surface area contributed by atoms with Crippen LogP contribution in [0.4, 0.5) is 42.0 Å². The van der Waals surface area contributed by atoms with Crippen LogP contribution in [0.15, 0.2) is 55.1 Å². The van der Waals surface area contributed by atoms with Gasteiger partial charge in [-0.2, -0.15) is 27.9 Å². The number of piperazine rings is 1. The molecular formula is C29H31F3N10O. The van der Waals surface area contributed by atoms with Gasteiger partial charge in [-0.25, -0.2) is 9.97 Å². The maximum Gasteiger partial charge on any atom is 0.416 e. The predicted octanol–water partition coefficient (Wildman–Crippen LogP) is 4.71. The van der Waals surface area contributed by atoms with Crippen LogP contribution >= 0.6 is 0 Å². The lowest BCUT2D eigenvalue weighted by molar-refractivity contribution is -0.137. The van der Waals surface area contributed by atoms with Crippen LogP contribution < -0.4 is 20.9 Å². The highest BCUT2D eigenvalue weighted by Gasteiger charge is 2.32. The quantitative estimate of drug-likeness (QED) is 0.268. The van der Waals surface area contributed by atoms with Crippen LogP contribution in [-0.2, 0) is 6.18 Å². The molecule has 0 unspecified atom stereocenters. The number of halogens is 3. The van der Waals surface area contributed by atoms with Crippen LogP contribution in [0, 0.1) is 6.92 Å². The van der Waals surface area contributed by atoms with E-state index in [0.717, 1.165) is 43.6 Å². The second-order valence-corrected chi connectivity index (χ2v) is 10.8. The first-order valence-corrected chi connectivity index (χ1v) is 14.0. The number of carbonyl (C=O) groups is 1. The molecule has 1 saturated heterocycles. The number of likely N-dealkylation sites (N-methyl/N-ethyl adjacent to an activating group) is 1. The number of aromatic nitrogens is 5. The van der Waals surface area contributed by atoms with Gasteiger partial charge in [-0.05, 0) is 62.7 Å². The van der Waals surface area contributed by atoms with Gasteiger partial charge < -0.3 is 25.8 Å². The number of aryl methyl sites for hydroxylation is 1. The van der Waals surface area contributed by atoms with Crippen LogP contribution in [0.1, 0.15) is 34.3 Å². The molecule has 2 aliphatic rings. The summed E-state index contributed by atoms with van der Waals surface area (Å²) in [6.45, 7) is 4.52. The lowest BCUT2D eigenvalue weighted by atomic mass is 10.1. The van der Waals surface area contributed by atoms with Crippen molar-refractivity contribution in [3.63, 3.8) is 0 Å². The number of alkyl halides is 3. The number of nitrogens with zero attached hydrogens (tertiary/aromatic N) is 7. The number of rotatable bonds is 8. The number of carbonyl (C=O) groups excluding carboxylic acids is 1. The van der Waals surface area contributed by atoms with Gasteiger partial charge in [-0.15, -0.1) is 0 Å². The summed E-state index contributed by atoms with van der Waals surface area (Å²) in [6, 6.07) is 10.9. The molecule has 14 heteroatoms. The molecule has 43 heavy (non-hydrogen) atoms. The highest BCUT2D eigenvalue weighted by molar-refractivity contribution is 6.05. The molecule has 1 aliphatic heterocycles. The van der Waals surface area contributed by atoms with Crippen molar-refractivity contribution in [1.29, 1.82) is 0 Å². The molecule has 6 rings (SSSR count). The summed E-state index contributed by atoms with van der Waals surface area (Å²) in [7, 11) is 1.98. The molecule has 2 aromatic carbocycles. The molecule has 4 aromatic rings. The summed E-state index contributed by atoms with van der Waals surface area (Å²) in [5.74, 6) is 1.02. The van der Waals surface area contributed by atoms with E-state index in [-0.39, 0.29) is 11.3 Å². The van der Waals surface area contributed by atoms with Gasteiger partial charge >= 0.3 is 6.18 Å². The van der Waals surface area contributed by atoms with Crippen LogP contribution in [0.3, 0.4) is 0 Å². The second-order valence-electron chi connectivity index (χ2n) is 10.8. The van der Waals surface area contributed by atoms with E-state index in [1.54, 1.807) is 30.3 Å². The first-order valence-electron chi connectivity index (χ1n) is 14.0. The number of nitrogens with one attached hydrogen (secondary N) is 3. The van der Waals surface area contributed by atoms with Crippen molar-refractivity contribution in [3.05, 3.63) is 71.8 Å². The zero-order valence-electron chi connectivity index (χ0n) is 23.7. The van der Waals surface area contributed by atoms with Crippen molar-refractivity contribution in [2.75, 3.05) is 54.1 Å². The first kappa shape index (κ1) is 28.4. The standard InChI is InChI=1S/C29H31F3N10O/c1-18-3-4-19(11-24(18)39-28-35-17-36-42(28)26-15-25(33-16-34-26)37-21-5-6-21)27(43)38-22-12-20(29(30,31)32)13-23(14-22)41-9-7-40(2)8-10-41/h3-4,11-17,21H,5-10H2,1-2H3,(H,38,43)(H,33,34,37)(H,35,36,39). The van der Waals surface area contributed by atoms with Crippen molar-refractivity contribution in [2.24, 2.45) is 0 Å². The van der Waals surface area contributed by atoms with E-state index in [1.165, 1.54) is 17.3 Å². The third-order valence-electron chi connectivity index (χ3n) is 7.46. The van der Waals surface area contributed by atoms with Gasteiger partial charge in [0, 0.05) is 60.9 Å². The zero-order chi connectivity index (χ0) is 30.1. The smallest absolute Gasteiger partial charge is 0.369 e. The van der Waals surface area contributed by atoms with E-state index in [4.69, 9.17) is 0 Å². The monoisotopic (exact) mass is 592 g/mol. The number of hydrogen-bond acceptors (Lipinski definition) is 9. The molecule has 0 bridgehead atoms. The summed E-state index contributed by atoms with van der Waals surface area (Å²) >= 11 is 0. The fraction of sp³-hybridized carbons (Fsp3) is 0.345. The maximum atomic E-state index is 13.8. The van der Waals surface area contributed by atoms with Crippen LogP contribution in [0.5, 0.6) is 0 Å². The van der Waals surface area contributed by atoms with Crippen molar-refractivity contribution in [3.8, 4) is 5.82 Å². The van der Waals surface area contributed by atoms with Crippen LogP contribution in [0.2, 0.25) is 0 Å².